The van der Waals surface area contributed by atoms with Crippen LogP contribution in [0.25, 0.3) is 11.0 Å². The van der Waals surface area contributed by atoms with Crippen molar-refractivity contribution in [3.8, 4) is 5.75 Å². The summed E-state index contributed by atoms with van der Waals surface area (Å²) in [6.45, 7) is 8.35. The first kappa shape index (κ1) is 23.5. The van der Waals surface area contributed by atoms with Crippen LogP contribution in [0.3, 0.4) is 0 Å². The van der Waals surface area contributed by atoms with Gasteiger partial charge in [0.25, 0.3) is 0 Å². The van der Waals surface area contributed by atoms with Gasteiger partial charge in [-0.2, -0.15) is 0 Å². The maximum atomic E-state index is 11.5. The van der Waals surface area contributed by atoms with Gasteiger partial charge < -0.3 is 10.4 Å². The van der Waals surface area contributed by atoms with Gasteiger partial charge in [0.1, 0.15) is 11.3 Å². The van der Waals surface area contributed by atoms with Crippen LogP contribution in [0.5, 0.6) is 5.75 Å². The fourth-order valence-corrected chi connectivity index (χ4v) is 5.60. The number of phenols is 1. The number of likely N-dealkylation sites (tertiary alicyclic amines) is 2. The van der Waals surface area contributed by atoms with Crippen LogP contribution in [0.2, 0.25) is 0 Å². The summed E-state index contributed by atoms with van der Waals surface area (Å²) in [5.74, 6) is 0.354. The minimum atomic E-state index is 0.354. The summed E-state index contributed by atoms with van der Waals surface area (Å²) in [6.07, 6.45) is 11.2. The summed E-state index contributed by atoms with van der Waals surface area (Å²) in [5, 5.41) is 15.0. The van der Waals surface area contributed by atoms with E-state index in [0.717, 1.165) is 77.3 Å². The Bertz CT molecular complexity index is 1110. The van der Waals surface area contributed by atoms with Gasteiger partial charge in [0.2, 0.25) is 0 Å². The largest absolute Gasteiger partial charge is 0.505 e. The fraction of sp³-hybridized carbons (Fsp3) is 0.481. The van der Waals surface area contributed by atoms with Gasteiger partial charge in [-0.1, -0.05) is 12.8 Å². The molecule has 2 fully saturated rings. The lowest BCUT2D eigenvalue weighted by molar-refractivity contribution is 0.215. The van der Waals surface area contributed by atoms with E-state index in [4.69, 9.17) is 0 Å². The Morgan fingerprint density at radius 1 is 0.912 bits per heavy atom. The third-order valence-electron chi connectivity index (χ3n) is 7.24. The van der Waals surface area contributed by atoms with Crippen molar-refractivity contribution in [3.63, 3.8) is 0 Å². The summed E-state index contributed by atoms with van der Waals surface area (Å²) < 4.78 is 0.899. The lowest BCUT2D eigenvalue weighted by Crippen LogP contribution is -2.30. The number of hydrogen-bond acceptors (Lipinski definition) is 6. The van der Waals surface area contributed by atoms with Crippen LogP contribution in [0.15, 0.2) is 35.1 Å². The molecule has 3 aromatic rings. The smallest absolute Gasteiger partial charge is 0.143 e. The van der Waals surface area contributed by atoms with Crippen LogP contribution in [0.4, 0.5) is 11.4 Å². The number of nitrogens with zero attached hydrogens (tertiary/aromatic N) is 4. The van der Waals surface area contributed by atoms with Gasteiger partial charge in [0, 0.05) is 35.5 Å². The first-order valence-corrected chi connectivity index (χ1v) is 13.3. The van der Waals surface area contributed by atoms with E-state index < -0.39 is 0 Å². The first-order chi connectivity index (χ1) is 16.6. The van der Waals surface area contributed by atoms with E-state index in [9.17, 15) is 5.11 Å². The number of fused-ring (bicyclic) bond motifs is 1. The van der Waals surface area contributed by atoms with Crippen molar-refractivity contribution in [1.29, 1.82) is 0 Å². The van der Waals surface area contributed by atoms with Crippen LogP contribution >= 0.6 is 15.9 Å². The highest BCUT2D eigenvalue weighted by atomic mass is 79.9. The van der Waals surface area contributed by atoms with Crippen molar-refractivity contribution in [2.75, 3.05) is 31.5 Å². The molecule has 0 bridgehead atoms. The monoisotopic (exact) mass is 523 g/mol. The molecule has 6 nitrogen and oxygen atoms in total. The molecule has 5 rings (SSSR count). The number of anilines is 2. The molecule has 7 heteroatoms. The van der Waals surface area contributed by atoms with Crippen LogP contribution in [-0.2, 0) is 13.1 Å². The van der Waals surface area contributed by atoms with Crippen LogP contribution < -0.4 is 5.32 Å². The number of aromatic nitrogens is 2. The summed E-state index contributed by atoms with van der Waals surface area (Å²) in [5.41, 5.74) is 6.67. The van der Waals surface area contributed by atoms with Gasteiger partial charge in [0.15, 0.2) is 0 Å². The van der Waals surface area contributed by atoms with E-state index in [1.807, 2.05) is 12.1 Å². The number of benzene rings is 1. The summed E-state index contributed by atoms with van der Waals surface area (Å²) in [7, 11) is 0. The number of halogens is 1. The van der Waals surface area contributed by atoms with Crippen molar-refractivity contribution < 1.29 is 5.11 Å². The van der Waals surface area contributed by atoms with Crippen molar-refractivity contribution in [2.45, 2.75) is 58.5 Å². The molecule has 0 radical (unpaired) electrons. The summed E-state index contributed by atoms with van der Waals surface area (Å²) >= 11 is 3.49. The molecule has 2 saturated heterocycles. The number of piperidine rings is 2. The standard InChI is InChI=1S/C27H34BrN5O/c1-19-20(17-32-10-4-2-5-11-32)14-21(18-33-12-6-3-7-13-33)27(34)25(19)31-23-8-9-29-24-15-22(28)16-30-26(23)24/h8-9,14-16,34H,2-7,10-13,17-18H2,1H3,(H,29,31). The molecule has 1 aromatic carbocycles. The third kappa shape index (κ3) is 5.21. The minimum absolute atomic E-state index is 0.354. The molecule has 0 unspecified atom stereocenters. The topological polar surface area (TPSA) is 64.5 Å². The highest BCUT2D eigenvalue weighted by Crippen LogP contribution is 2.39. The molecule has 0 amide bonds. The molecule has 2 aromatic heterocycles. The SMILES string of the molecule is Cc1c(CN2CCCCC2)cc(CN2CCCCC2)c(O)c1Nc1ccnc2cc(Br)cnc12. The second kappa shape index (κ2) is 10.6. The highest BCUT2D eigenvalue weighted by Gasteiger charge is 2.21. The minimum Gasteiger partial charge on any atom is -0.505 e. The summed E-state index contributed by atoms with van der Waals surface area (Å²) in [6, 6.07) is 6.15. The van der Waals surface area contributed by atoms with Crippen molar-refractivity contribution in [1.82, 2.24) is 19.8 Å². The number of phenolic OH excluding ortho intramolecular Hbond substituents is 1. The van der Waals surface area contributed by atoms with Gasteiger partial charge in [-0.15, -0.1) is 0 Å². The molecule has 2 N–H and O–H groups in total. The molecule has 0 spiro atoms. The van der Waals surface area contributed by atoms with Gasteiger partial charge in [-0.05, 0) is 104 Å². The average molecular weight is 525 g/mol. The number of nitrogens with one attached hydrogen (secondary N) is 1. The van der Waals surface area contributed by atoms with E-state index in [2.05, 4.69) is 54.0 Å². The predicted octanol–water partition coefficient (Wildman–Crippen LogP) is 6.12. The Labute approximate surface area is 210 Å². The van der Waals surface area contributed by atoms with E-state index in [-0.39, 0.29) is 0 Å². The zero-order valence-corrected chi connectivity index (χ0v) is 21.6. The number of hydrogen-bond donors (Lipinski definition) is 2. The third-order valence-corrected chi connectivity index (χ3v) is 7.67. The first-order valence-electron chi connectivity index (χ1n) is 12.5. The number of pyridine rings is 2. The van der Waals surface area contributed by atoms with Crippen molar-refractivity contribution in [3.05, 3.63) is 51.8 Å². The normalized spacial score (nSPS) is 17.8. The van der Waals surface area contributed by atoms with E-state index >= 15 is 0 Å². The fourth-order valence-electron chi connectivity index (χ4n) is 5.28. The molecule has 0 saturated carbocycles. The Morgan fingerprint density at radius 3 is 2.24 bits per heavy atom. The van der Waals surface area contributed by atoms with Crippen molar-refractivity contribution >= 4 is 38.3 Å². The highest BCUT2D eigenvalue weighted by molar-refractivity contribution is 9.10. The average Bonchev–Trinajstić information content (AvgIpc) is 2.86. The molecule has 0 atom stereocenters. The molecular weight excluding hydrogens is 490 g/mol. The molecule has 2 aliphatic rings. The second-order valence-electron chi connectivity index (χ2n) is 9.72. The lowest BCUT2D eigenvalue weighted by Gasteiger charge is -2.30. The Hall–Kier alpha value is -2.22. The summed E-state index contributed by atoms with van der Waals surface area (Å²) in [4.78, 5) is 14.1. The molecule has 34 heavy (non-hydrogen) atoms. The Balaban J connectivity index is 1.53. The molecule has 0 aliphatic carbocycles. The van der Waals surface area contributed by atoms with E-state index in [0.29, 0.717) is 5.75 Å². The van der Waals surface area contributed by atoms with Gasteiger partial charge in [-0.25, -0.2) is 0 Å². The molecule has 4 heterocycles. The van der Waals surface area contributed by atoms with E-state index in [1.54, 1.807) is 12.4 Å². The molecule has 2 aliphatic heterocycles. The predicted molar refractivity (Wildman–Crippen MR) is 142 cm³/mol. The zero-order chi connectivity index (χ0) is 23.5. The number of aromatic hydroxyl groups is 1. The van der Waals surface area contributed by atoms with Gasteiger partial charge in [0.05, 0.1) is 16.9 Å². The van der Waals surface area contributed by atoms with Gasteiger partial charge >= 0.3 is 0 Å². The zero-order valence-electron chi connectivity index (χ0n) is 20.0. The Morgan fingerprint density at radius 2 is 1.56 bits per heavy atom. The maximum Gasteiger partial charge on any atom is 0.143 e. The van der Waals surface area contributed by atoms with E-state index in [1.165, 1.54) is 44.1 Å². The maximum absolute atomic E-state index is 11.5. The molecular formula is C27H34BrN5O. The quantitative estimate of drug-likeness (QED) is 0.379. The van der Waals surface area contributed by atoms with Crippen molar-refractivity contribution in [2.24, 2.45) is 0 Å². The van der Waals surface area contributed by atoms with Crippen LogP contribution in [-0.4, -0.2) is 51.1 Å². The van der Waals surface area contributed by atoms with Gasteiger partial charge in [-0.3, -0.25) is 19.8 Å². The molecule has 180 valence electrons. The lowest BCUT2D eigenvalue weighted by atomic mass is 9.98. The van der Waals surface area contributed by atoms with Crippen LogP contribution in [0, 0.1) is 6.92 Å². The van der Waals surface area contributed by atoms with Crippen LogP contribution in [0.1, 0.15) is 55.2 Å². The second-order valence-corrected chi connectivity index (χ2v) is 10.6. The number of rotatable bonds is 6. The Kier molecular flexibility index (Phi) is 7.32.